The third kappa shape index (κ3) is 4.90. The van der Waals surface area contributed by atoms with Gasteiger partial charge in [-0.3, -0.25) is 9.00 Å². The standard InChI is InChI=1S/C19H16BrNO3S/c20-15-6-9-17(10-7-15)25(23)13-16-8-11-18(24-16)19(22)21-12-14-4-2-1-3-5-14/h1-11H,12-13H2,(H,21,22)/t25-/m1/s1. The average Bonchev–Trinajstić information content (AvgIpc) is 3.09. The third-order valence-corrected chi connectivity index (χ3v) is 5.40. The molecule has 4 nitrogen and oxygen atoms in total. The van der Waals surface area contributed by atoms with Gasteiger partial charge >= 0.3 is 0 Å². The SMILES string of the molecule is O=C(NCc1ccccc1)c1ccc(C[S@@](=O)c2ccc(Br)cc2)o1. The van der Waals surface area contributed by atoms with Crippen LogP contribution in [0.5, 0.6) is 0 Å². The Morgan fingerprint density at radius 2 is 1.72 bits per heavy atom. The Kier molecular flexibility index (Phi) is 5.83. The highest BCUT2D eigenvalue weighted by atomic mass is 79.9. The van der Waals surface area contributed by atoms with E-state index in [1.165, 1.54) is 0 Å². The van der Waals surface area contributed by atoms with E-state index in [4.69, 9.17) is 4.42 Å². The number of carbonyl (C=O) groups excluding carboxylic acids is 1. The van der Waals surface area contributed by atoms with Gasteiger partial charge in [0.15, 0.2) is 5.76 Å². The fourth-order valence-electron chi connectivity index (χ4n) is 2.24. The molecule has 0 saturated heterocycles. The molecule has 0 aliphatic rings. The Hall–Kier alpha value is -2.18. The van der Waals surface area contributed by atoms with Crippen molar-refractivity contribution in [2.24, 2.45) is 0 Å². The molecule has 1 aromatic heterocycles. The van der Waals surface area contributed by atoms with E-state index in [2.05, 4.69) is 21.2 Å². The van der Waals surface area contributed by atoms with Crippen molar-refractivity contribution in [1.82, 2.24) is 5.32 Å². The lowest BCUT2D eigenvalue weighted by atomic mass is 10.2. The van der Waals surface area contributed by atoms with Crippen molar-refractivity contribution >= 4 is 32.6 Å². The molecule has 128 valence electrons. The number of carbonyl (C=O) groups is 1. The van der Waals surface area contributed by atoms with E-state index in [1.807, 2.05) is 42.5 Å². The molecule has 1 amide bonds. The lowest BCUT2D eigenvalue weighted by Crippen LogP contribution is -2.22. The second-order valence-corrected chi connectivity index (χ2v) is 7.74. The number of hydrogen-bond donors (Lipinski definition) is 1. The van der Waals surface area contributed by atoms with E-state index in [1.54, 1.807) is 24.3 Å². The zero-order chi connectivity index (χ0) is 17.6. The number of hydrogen-bond acceptors (Lipinski definition) is 3. The maximum absolute atomic E-state index is 12.4. The third-order valence-electron chi connectivity index (χ3n) is 3.53. The van der Waals surface area contributed by atoms with Gasteiger partial charge in [-0.2, -0.15) is 0 Å². The Balaban J connectivity index is 1.59. The van der Waals surface area contributed by atoms with E-state index in [-0.39, 0.29) is 17.4 Å². The molecule has 1 atom stereocenters. The van der Waals surface area contributed by atoms with Gasteiger partial charge in [0.2, 0.25) is 0 Å². The highest BCUT2D eigenvalue weighted by Crippen LogP contribution is 2.17. The maximum Gasteiger partial charge on any atom is 0.287 e. The van der Waals surface area contributed by atoms with Crippen LogP contribution in [0.3, 0.4) is 0 Å². The Labute approximate surface area is 156 Å². The normalized spacial score (nSPS) is 11.9. The van der Waals surface area contributed by atoms with Crippen LogP contribution in [0.4, 0.5) is 0 Å². The summed E-state index contributed by atoms with van der Waals surface area (Å²) in [5, 5.41) is 2.81. The predicted molar refractivity (Wildman–Crippen MR) is 101 cm³/mol. The first-order valence-electron chi connectivity index (χ1n) is 7.66. The molecular formula is C19H16BrNO3S. The summed E-state index contributed by atoms with van der Waals surface area (Å²) < 4.78 is 18.8. The van der Waals surface area contributed by atoms with Gasteiger partial charge in [0.25, 0.3) is 5.91 Å². The minimum atomic E-state index is -1.22. The van der Waals surface area contributed by atoms with Crippen molar-refractivity contribution in [2.45, 2.75) is 17.2 Å². The van der Waals surface area contributed by atoms with Crippen molar-refractivity contribution in [3.8, 4) is 0 Å². The second-order valence-electron chi connectivity index (χ2n) is 5.38. The summed E-state index contributed by atoms with van der Waals surface area (Å²) in [5.41, 5.74) is 1.01. The van der Waals surface area contributed by atoms with Gasteiger partial charge < -0.3 is 9.73 Å². The van der Waals surface area contributed by atoms with Crippen LogP contribution in [0.2, 0.25) is 0 Å². The minimum Gasteiger partial charge on any atom is -0.455 e. The summed E-state index contributed by atoms with van der Waals surface area (Å²) >= 11 is 3.35. The van der Waals surface area contributed by atoms with Crippen LogP contribution in [-0.2, 0) is 23.1 Å². The molecule has 0 aliphatic heterocycles. The molecule has 0 unspecified atom stereocenters. The van der Waals surface area contributed by atoms with Gasteiger partial charge in [-0.05, 0) is 42.0 Å². The summed E-state index contributed by atoms with van der Waals surface area (Å²) in [4.78, 5) is 12.9. The average molecular weight is 418 g/mol. The first kappa shape index (κ1) is 17.6. The molecule has 25 heavy (non-hydrogen) atoms. The lowest BCUT2D eigenvalue weighted by molar-refractivity contribution is 0.0921. The zero-order valence-electron chi connectivity index (χ0n) is 13.3. The van der Waals surface area contributed by atoms with Gasteiger partial charge in [0.05, 0.1) is 16.6 Å². The molecule has 0 saturated carbocycles. The van der Waals surface area contributed by atoms with Gasteiger partial charge in [-0.15, -0.1) is 0 Å². The Morgan fingerprint density at radius 3 is 2.44 bits per heavy atom. The Morgan fingerprint density at radius 1 is 1.00 bits per heavy atom. The van der Waals surface area contributed by atoms with Crippen LogP contribution in [0.1, 0.15) is 21.9 Å². The summed E-state index contributed by atoms with van der Waals surface area (Å²) in [6.07, 6.45) is 0. The van der Waals surface area contributed by atoms with E-state index in [0.29, 0.717) is 12.3 Å². The topological polar surface area (TPSA) is 59.3 Å². The summed E-state index contributed by atoms with van der Waals surface area (Å²) in [6.45, 7) is 0.431. The monoisotopic (exact) mass is 417 g/mol. The van der Waals surface area contributed by atoms with Crippen LogP contribution in [0.15, 0.2) is 80.5 Å². The molecule has 3 aromatic rings. The van der Waals surface area contributed by atoms with Gasteiger partial charge in [0, 0.05) is 15.9 Å². The predicted octanol–water partition coefficient (Wildman–Crippen LogP) is 4.28. The molecule has 3 rings (SSSR count). The summed E-state index contributed by atoms with van der Waals surface area (Å²) in [5.74, 6) is 0.683. The molecule has 0 spiro atoms. The van der Waals surface area contributed by atoms with Crippen molar-refractivity contribution in [3.63, 3.8) is 0 Å². The fraction of sp³-hybridized carbons (Fsp3) is 0.105. The lowest BCUT2D eigenvalue weighted by Gasteiger charge is -2.03. The highest BCUT2D eigenvalue weighted by molar-refractivity contribution is 9.10. The first-order chi connectivity index (χ1) is 12.1. The number of nitrogens with one attached hydrogen (secondary N) is 1. The molecule has 0 aliphatic carbocycles. The molecule has 0 radical (unpaired) electrons. The van der Waals surface area contributed by atoms with E-state index < -0.39 is 10.8 Å². The van der Waals surface area contributed by atoms with E-state index in [9.17, 15) is 9.00 Å². The van der Waals surface area contributed by atoms with E-state index in [0.717, 1.165) is 14.9 Å². The molecule has 1 N–H and O–H groups in total. The molecule has 1 heterocycles. The summed E-state index contributed by atoms with van der Waals surface area (Å²) in [7, 11) is -1.22. The molecule has 0 fully saturated rings. The highest BCUT2D eigenvalue weighted by Gasteiger charge is 2.13. The van der Waals surface area contributed by atoms with Gasteiger partial charge in [0.1, 0.15) is 5.76 Å². The minimum absolute atomic E-state index is 0.221. The van der Waals surface area contributed by atoms with Gasteiger partial charge in [-0.25, -0.2) is 0 Å². The van der Waals surface area contributed by atoms with Crippen LogP contribution in [0, 0.1) is 0 Å². The van der Waals surface area contributed by atoms with E-state index >= 15 is 0 Å². The van der Waals surface area contributed by atoms with Crippen molar-refractivity contribution in [2.75, 3.05) is 0 Å². The quantitative estimate of drug-likeness (QED) is 0.650. The van der Waals surface area contributed by atoms with Crippen LogP contribution < -0.4 is 5.32 Å². The fourth-order valence-corrected chi connectivity index (χ4v) is 3.53. The largest absolute Gasteiger partial charge is 0.455 e. The number of rotatable bonds is 6. The van der Waals surface area contributed by atoms with Crippen molar-refractivity contribution < 1.29 is 13.4 Å². The van der Waals surface area contributed by atoms with Crippen LogP contribution >= 0.6 is 15.9 Å². The molecular weight excluding hydrogens is 402 g/mol. The number of benzene rings is 2. The summed E-state index contributed by atoms with van der Waals surface area (Å²) in [6, 6.07) is 20.2. The number of amides is 1. The smallest absolute Gasteiger partial charge is 0.287 e. The zero-order valence-corrected chi connectivity index (χ0v) is 15.7. The second kappa shape index (κ2) is 8.27. The number of halogens is 1. The molecule has 2 aromatic carbocycles. The maximum atomic E-state index is 12.4. The molecule has 0 bridgehead atoms. The Bertz CT molecular complexity index is 875. The van der Waals surface area contributed by atoms with Crippen molar-refractivity contribution in [1.29, 1.82) is 0 Å². The van der Waals surface area contributed by atoms with Crippen LogP contribution in [0.25, 0.3) is 0 Å². The number of furan rings is 1. The molecule has 6 heteroatoms. The van der Waals surface area contributed by atoms with Crippen LogP contribution in [-0.4, -0.2) is 10.1 Å². The van der Waals surface area contributed by atoms with Gasteiger partial charge in [-0.1, -0.05) is 46.3 Å². The first-order valence-corrected chi connectivity index (χ1v) is 9.78. The van der Waals surface area contributed by atoms with Crippen molar-refractivity contribution in [3.05, 3.63) is 88.3 Å².